The molecule has 204 valence electrons. The molecule has 40 heavy (non-hydrogen) atoms. The van der Waals surface area contributed by atoms with Crippen molar-refractivity contribution in [2.45, 2.75) is 6.92 Å². The van der Waals surface area contributed by atoms with E-state index in [2.05, 4.69) is 20.6 Å². The fourth-order valence-corrected chi connectivity index (χ4v) is 4.77. The molecule has 0 aliphatic rings. The minimum absolute atomic E-state index is 0.267. The van der Waals surface area contributed by atoms with E-state index >= 15 is 0 Å². The van der Waals surface area contributed by atoms with Gasteiger partial charge in [0, 0.05) is 17.8 Å². The first-order valence-electron chi connectivity index (χ1n) is 12.0. The van der Waals surface area contributed by atoms with E-state index in [9.17, 15) is 4.79 Å². The van der Waals surface area contributed by atoms with Crippen LogP contribution < -0.4 is 20.1 Å². The standard InChI is InChI=1S/C28H24Cl2N6O4/c1-15-11-16(27(37)40-4)9-10-17(15)33-22-13-23(32-14-31-22)36-19-8-6-5-7-18(19)34-28(36)35-26-24(29)20(38-2)12-21(39-3)25(26)30/h5-14H,1-4H3,(H,34,35)(H,31,32,33). The molecule has 0 aliphatic heterocycles. The number of methoxy groups -OCH3 is 3. The third kappa shape index (κ3) is 5.06. The summed E-state index contributed by atoms with van der Waals surface area (Å²) in [5.74, 6) is 1.83. The molecule has 12 heteroatoms. The Labute approximate surface area is 239 Å². The van der Waals surface area contributed by atoms with E-state index in [4.69, 9.17) is 42.4 Å². The van der Waals surface area contributed by atoms with E-state index in [1.54, 1.807) is 30.3 Å². The Balaban J connectivity index is 1.57. The van der Waals surface area contributed by atoms with Crippen molar-refractivity contribution in [2.75, 3.05) is 32.0 Å². The number of halogens is 2. The lowest BCUT2D eigenvalue weighted by Crippen LogP contribution is -2.07. The maximum Gasteiger partial charge on any atom is 0.337 e. The summed E-state index contributed by atoms with van der Waals surface area (Å²) in [6.45, 7) is 1.89. The number of carbonyl (C=O) groups excluding carboxylic acids is 1. The summed E-state index contributed by atoms with van der Waals surface area (Å²) in [4.78, 5) is 25.6. The Hall–Kier alpha value is -4.54. The highest BCUT2D eigenvalue weighted by atomic mass is 35.5. The molecule has 10 nitrogen and oxygen atoms in total. The van der Waals surface area contributed by atoms with Crippen molar-refractivity contribution < 1.29 is 19.0 Å². The number of nitrogens with one attached hydrogen (secondary N) is 2. The van der Waals surface area contributed by atoms with E-state index in [1.165, 1.54) is 27.7 Å². The second kappa shape index (κ2) is 11.3. The molecular weight excluding hydrogens is 555 g/mol. The van der Waals surface area contributed by atoms with Crippen molar-refractivity contribution in [3.8, 4) is 17.3 Å². The topological polar surface area (TPSA) is 112 Å². The van der Waals surface area contributed by atoms with Crippen LogP contribution in [-0.2, 0) is 4.74 Å². The largest absolute Gasteiger partial charge is 0.495 e. The van der Waals surface area contributed by atoms with Crippen LogP contribution in [-0.4, -0.2) is 46.8 Å². The van der Waals surface area contributed by atoms with E-state index in [-0.39, 0.29) is 10.0 Å². The SMILES string of the molecule is COC(=O)c1ccc(Nc2cc(-n3c(Nc4c(Cl)c(OC)cc(OC)c4Cl)nc4ccccc43)ncn2)c(C)c1. The fraction of sp³-hybridized carbons (Fsp3) is 0.143. The first-order valence-corrected chi connectivity index (χ1v) is 12.7. The van der Waals surface area contributed by atoms with Crippen LogP contribution in [0.5, 0.6) is 11.5 Å². The Morgan fingerprint density at radius 2 is 1.62 bits per heavy atom. The number of hydrogen-bond acceptors (Lipinski definition) is 9. The van der Waals surface area contributed by atoms with Crippen LogP contribution >= 0.6 is 23.2 Å². The number of para-hydroxylation sites is 2. The molecule has 0 aliphatic carbocycles. The Morgan fingerprint density at radius 1 is 0.900 bits per heavy atom. The highest BCUT2D eigenvalue weighted by molar-refractivity contribution is 6.41. The van der Waals surface area contributed by atoms with Gasteiger partial charge in [-0.25, -0.2) is 19.7 Å². The van der Waals surface area contributed by atoms with Gasteiger partial charge in [-0.2, -0.15) is 0 Å². The monoisotopic (exact) mass is 578 g/mol. The molecule has 5 aromatic rings. The number of imidazole rings is 1. The van der Waals surface area contributed by atoms with Crippen LogP contribution in [0.4, 0.5) is 23.1 Å². The summed E-state index contributed by atoms with van der Waals surface area (Å²) >= 11 is 13.3. The fourth-order valence-electron chi connectivity index (χ4n) is 4.17. The molecule has 0 saturated carbocycles. The smallest absolute Gasteiger partial charge is 0.337 e. The number of aromatic nitrogens is 4. The average molecular weight is 579 g/mol. The minimum atomic E-state index is -0.403. The van der Waals surface area contributed by atoms with E-state index in [0.717, 1.165) is 22.3 Å². The van der Waals surface area contributed by atoms with Crippen LogP contribution in [0, 0.1) is 6.92 Å². The Kier molecular flexibility index (Phi) is 7.63. The molecule has 2 heterocycles. The van der Waals surface area contributed by atoms with E-state index < -0.39 is 5.97 Å². The number of esters is 1. The number of nitrogens with zero attached hydrogens (tertiary/aromatic N) is 4. The number of carbonyl (C=O) groups is 1. The van der Waals surface area contributed by atoms with Crippen molar-refractivity contribution in [3.63, 3.8) is 0 Å². The van der Waals surface area contributed by atoms with Gasteiger partial charge in [0.2, 0.25) is 5.95 Å². The molecule has 0 unspecified atom stereocenters. The van der Waals surface area contributed by atoms with Gasteiger partial charge in [-0.05, 0) is 42.8 Å². The number of hydrogen-bond donors (Lipinski definition) is 2. The molecule has 3 aromatic carbocycles. The summed E-state index contributed by atoms with van der Waals surface area (Å²) in [6, 6.07) is 16.2. The van der Waals surface area contributed by atoms with Gasteiger partial charge in [0.15, 0.2) is 0 Å². The van der Waals surface area contributed by atoms with Crippen molar-refractivity contribution >= 4 is 63.3 Å². The Bertz CT molecular complexity index is 1710. The van der Waals surface area contributed by atoms with Gasteiger partial charge < -0.3 is 24.8 Å². The zero-order valence-electron chi connectivity index (χ0n) is 22.0. The van der Waals surface area contributed by atoms with Gasteiger partial charge in [-0.3, -0.25) is 4.57 Å². The first kappa shape index (κ1) is 27.0. The summed E-state index contributed by atoms with van der Waals surface area (Å²) in [7, 11) is 4.36. The molecule has 0 radical (unpaired) electrons. The Morgan fingerprint density at radius 3 is 2.30 bits per heavy atom. The van der Waals surface area contributed by atoms with Crippen molar-refractivity contribution in [1.82, 2.24) is 19.5 Å². The number of anilines is 4. The van der Waals surface area contributed by atoms with Gasteiger partial charge in [0.1, 0.15) is 39.5 Å². The lowest BCUT2D eigenvalue weighted by molar-refractivity contribution is 0.0600. The van der Waals surface area contributed by atoms with Crippen LogP contribution in [0.25, 0.3) is 16.9 Å². The second-order valence-electron chi connectivity index (χ2n) is 8.58. The molecule has 0 fully saturated rings. The highest BCUT2D eigenvalue weighted by Gasteiger charge is 2.21. The third-order valence-corrected chi connectivity index (χ3v) is 6.91. The average Bonchev–Trinajstić information content (AvgIpc) is 3.34. The normalized spacial score (nSPS) is 10.8. The molecule has 5 rings (SSSR count). The molecule has 2 aromatic heterocycles. The first-order chi connectivity index (χ1) is 19.3. The van der Waals surface area contributed by atoms with Crippen LogP contribution in [0.3, 0.4) is 0 Å². The van der Waals surface area contributed by atoms with Crippen LogP contribution in [0.2, 0.25) is 10.0 Å². The molecule has 0 spiro atoms. The zero-order valence-corrected chi connectivity index (χ0v) is 23.5. The van der Waals surface area contributed by atoms with Crippen molar-refractivity contribution in [1.29, 1.82) is 0 Å². The second-order valence-corrected chi connectivity index (χ2v) is 9.33. The van der Waals surface area contributed by atoms with Gasteiger partial charge in [0.25, 0.3) is 0 Å². The minimum Gasteiger partial charge on any atom is -0.495 e. The highest BCUT2D eigenvalue weighted by Crippen LogP contribution is 2.45. The quantitative estimate of drug-likeness (QED) is 0.194. The zero-order chi connectivity index (χ0) is 28.4. The number of benzene rings is 3. The van der Waals surface area contributed by atoms with Gasteiger partial charge >= 0.3 is 5.97 Å². The lowest BCUT2D eigenvalue weighted by atomic mass is 10.1. The maximum absolute atomic E-state index is 11.9. The van der Waals surface area contributed by atoms with Crippen LogP contribution in [0.1, 0.15) is 15.9 Å². The van der Waals surface area contributed by atoms with Gasteiger partial charge in [0.05, 0.1) is 43.6 Å². The predicted octanol–water partition coefficient (Wildman–Crippen LogP) is 6.72. The molecule has 0 amide bonds. The number of fused-ring (bicyclic) bond motifs is 1. The molecule has 0 saturated heterocycles. The van der Waals surface area contributed by atoms with Crippen LogP contribution in [0.15, 0.2) is 60.9 Å². The van der Waals surface area contributed by atoms with Gasteiger partial charge in [-0.15, -0.1) is 0 Å². The predicted molar refractivity (Wildman–Crippen MR) is 155 cm³/mol. The molecule has 2 N–H and O–H groups in total. The molecule has 0 bridgehead atoms. The van der Waals surface area contributed by atoms with Crippen molar-refractivity contribution in [2.24, 2.45) is 0 Å². The number of ether oxygens (including phenoxy) is 3. The molecule has 0 atom stereocenters. The maximum atomic E-state index is 11.9. The van der Waals surface area contributed by atoms with Gasteiger partial charge in [-0.1, -0.05) is 35.3 Å². The number of aryl methyl sites for hydroxylation is 1. The third-order valence-electron chi connectivity index (χ3n) is 6.16. The molecular formula is C28H24Cl2N6O4. The summed E-state index contributed by atoms with van der Waals surface area (Å²) in [6.07, 6.45) is 1.45. The van der Waals surface area contributed by atoms with Crippen molar-refractivity contribution in [3.05, 3.63) is 82.1 Å². The summed E-state index contributed by atoms with van der Waals surface area (Å²) < 4.78 is 17.5. The summed E-state index contributed by atoms with van der Waals surface area (Å²) in [5.41, 5.74) is 3.94. The summed E-state index contributed by atoms with van der Waals surface area (Å²) in [5, 5.41) is 7.08. The number of rotatable bonds is 8. The van der Waals surface area contributed by atoms with E-state index in [0.29, 0.717) is 40.3 Å². The van der Waals surface area contributed by atoms with E-state index in [1.807, 2.05) is 35.8 Å². The lowest BCUT2D eigenvalue weighted by Gasteiger charge is -2.17.